The van der Waals surface area contributed by atoms with Crippen LogP contribution in [0.15, 0.2) is 42.5 Å². The maximum atomic E-state index is 11.6. The first-order valence-electron chi connectivity index (χ1n) is 5.90. The van der Waals surface area contributed by atoms with Gasteiger partial charge in [-0.15, -0.1) is 0 Å². The second kappa shape index (κ2) is 5.40. The summed E-state index contributed by atoms with van der Waals surface area (Å²) in [4.78, 5) is 11.6. The van der Waals surface area contributed by atoms with E-state index in [4.69, 9.17) is 0 Å². The van der Waals surface area contributed by atoms with Crippen molar-refractivity contribution in [1.29, 1.82) is 0 Å². The van der Waals surface area contributed by atoms with E-state index in [1.165, 1.54) is 0 Å². The van der Waals surface area contributed by atoms with Gasteiger partial charge in [-0.1, -0.05) is 30.3 Å². The molecule has 0 aliphatic heterocycles. The Labute approximate surface area is 112 Å². The molecule has 5 heteroatoms. The van der Waals surface area contributed by atoms with Crippen molar-refractivity contribution in [3.05, 3.63) is 42.5 Å². The minimum Gasteiger partial charge on any atom is -0.326 e. The van der Waals surface area contributed by atoms with Crippen LogP contribution in [0.4, 0.5) is 5.69 Å². The highest BCUT2D eigenvalue weighted by molar-refractivity contribution is 7.90. The SMILES string of the molecule is CS(=O)(=O)CCC(=O)Nc1ccc2ccccc2c1. The fourth-order valence-corrected chi connectivity index (χ4v) is 2.32. The number of hydrogen-bond acceptors (Lipinski definition) is 3. The molecule has 0 bridgehead atoms. The summed E-state index contributed by atoms with van der Waals surface area (Å²) in [6.07, 6.45) is 1.10. The van der Waals surface area contributed by atoms with Crippen LogP contribution in [0.2, 0.25) is 0 Å². The topological polar surface area (TPSA) is 63.2 Å². The molecule has 0 heterocycles. The lowest BCUT2D eigenvalue weighted by Crippen LogP contribution is -2.16. The summed E-state index contributed by atoms with van der Waals surface area (Å²) >= 11 is 0. The minimum atomic E-state index is -3.11. The van der Waals surface area contributed by atoms with Crippen LogP contribution >= 0.6 is 0 Å². The lowest BCUT2D eigenvalue weighted by molar-refractivity contribution is -0.115. The third kappa shape index (κ3) is 4.06. The first-order chi connectivity index (χ1) is 8.94. The molecule has 19 heavy (non-hydrogen) atoms. The molecule has 4 nitrogen and oxygen atoms in total. The molecule has 0 radical (unpaired) electrons. The predicted molar refractivity (Wildman–Crippen MR) is 76.9 cm³/mol. The Morgan fingerprint density at radius 1 is 1.11 bits per heavy atom. The largest absolute Gasteiger partial charge is 0.326 e. The number of hydrogen-bond donors (Lipinski definition) is 1. The molecule has 1 N–H and O–H groups in total. The van der Waals surface area contributed by atoms with Gasteiger partial charge in [-0.05, 0) is 22.9 Å². The lowest BCUT2D eigenvalue weighted by atomic mass is 10.1. The van der Waals surface area contributed by atoms with E-state index < -0.39 is 9.84 Å². The number of benzene rings is 2. The fraction of sp³-hybridized carbons (Fsp3) is 0.214. The van der Waals surface area contributed by atoms with Gasteiger partial charge < -0.3 is 5.32 Å². The Morgan fingerprint density at radius 3 is 2.47 bits per heavy atom. The summed E-state index contributed by atoms with van der Waals surface area (Å²) in [5.41, 5.74) is 0.678. The van der Waals surface area contributed by atoms with Crippen molar-refractivity contribution in [3.63, 3.8) is 0 Å². The van der Waals surface area contributed by atoms with E-state index in [0.717, 1.165) is 17.0 Å². The monoisotopic (exact) mass is 277 g/mol. The van der Waals surface area contributed by atoms with E-state index in [0.29, 0.717) is 5.69 Å². The molecule has 0 aliphatic carbocycles. The van der Waals surface area contributed by atoms with Crippen molar-refractivity contribution >= 4 is 32.2 Å². The van der Waals surface area contributed by atoms with Gasteiger partial charge in [0.15, 0.2) is 0 Å². The maximum Gasteiger partial charge on any atom is 0.225 e. The molecule has 0 saturated heterocycles. The smallest absolute Gasteiger partial charge is 0.225 e. The first kappa shape index (κ1) is 13.5. The van der Waals surface area contributed by atoms with Crippen LogP contribution in [-0.4, -0.2) is 26.3 Å². The number of carbonyl (C=O) groups excluding carboxylic acids is 1. The minimum absolute atomic E-state index is 0.0222. The zero-order valence-electron chi connectivity index (χ0n) is 10.6. The van der Waals surface area contributed by atoms with E-state index in [1.807, 2.05) is 36.4 Å². The zero-order valence-corrected chi connectivity index (χ0v) is 11.4. The molecule has 100 valence electrons. The summed E-state index contributed by atoms with van der Waals surface area (Å²) in [6, 6.07) is 13.4. The summed E-state index contributed by atoms with van der Waals surface area (Å²) in [6.45, 7) is 0. The highest BCUT2D eigenvalue weighted by atomic mass is 32.2. The Kier molecular flexibility index (Phi) is 3.85. The highest BCUT2D eigenvalue weighted by Gasteiger charge is 2.08. The van der Waals surface area contributed by atoms with Gasteiger partial charge in [-0.2, -0.15) is 0 Å². The molecule has 0 aromatic heterocycles. The average Bonchev–Trinajstić information content (AvgIpc) is 2.35. The van der Waals surface area contributed by atoms with E-state index >= 15 is 0 Å². The van der Waals surface area contributed by atoms with Crippen LogP contribution in [0, 0.1) is 0 Å². The molecule has 0 aliphatic rings. The van der Waals surface area contributed by atoms with Gasteiger partial charge in [-0.25, -0.2) is 8.42 Å². The number of amides is 1. The summed E-state index contributed by atoms with van der Waals surface area (Å²) in [5.74, 6) is -0.424. The van der Waals surface area contributed by atoms with Gasteiger partial charge in [0.25, 0.3) is 0 Å². The average molecular weight is 277 g/mol. The molecule has 1 amide bonds. The second-order valence-corrected chi connectivity index (χ2v) is 6.75. The predicted octanol–water partition coefficient (Wildman–Crippen LogP) is 2.21. The number of nitrogens with one attached hydrogen (secondary N) is 1. The Balaban J connectivity index is 2.07. The van der Waals surface area contributed by atoms with Gasteiger partial charge in [0.1, 0.15) is 9.84 Å². The molecular formula is C14H15NO3S. The third-order valence-corrected chi connectivity index (χ3v) is 3.68. The van der Waals surface area contributed by atoms with E-state index in [2.05, 4.69) is 5.32 Å². The lowest BCUT2D eigenvalue weighted by Gasteiger charge is -2.06. The number of rotatable bonds is 4. The van der Waals surface area contributed by atoms with E-state index in [-0.39, 0.29) is 18.1 Å². The molecular weight excluding hydrogens is 262 g/mol. The van der Waals surface area contributed by atoms with Gasteiger partial charge >= 0.3 is 0 Å². The van der Waals surface area contributed by atoms with Crippen molar-refractivity contribution < 1.29 is 13.2 Å². The number of sulfone groups is 1. The van der Waals surface area contributed by atoms with Gasteiger partial charge in [0.05, 0.1) is 5.75 Å². The second-order valence-electron chi connectivity index (χ2n) is 4.49. The van der Waals surface area contributed by atoms with Gasteiger partial charge in [0, 0.05) is 18.4 Å². The number of fused-ring (bicyclic) bond motifs is 1. The van der Waals surface area contributed by atoms with Crippen LogP contribution in [0.5, 0.6) is 0 Å². The Morgan fingerprint density at radius 2 is 1.79 bits per heavy atom. The quantitative estimate of drug-likeness (QED) is 0.932. The van der Waals surface area contributed by atoms with Crippen molar-refractivity contribution in [2.45, 2.75) is 6.42 Å². The van der Waals surface area contributed by atoms with E-state index in [1.54, 1.807) is 6.07 Å². The van der Waals surface area contributed by atoms with Crippen LogP contribution in [0.3, 0.4) is 0 Å². The molecule has 0 unspecified atom stereocenters. The molecule has 0 spiro atoms. The maximum absolute atomic E-state index is 11.6. The van der Waals surface area contributed by atoms with Gasteiger partial charge in [-0.3, -0.25) is 4.79 Å². The normalized spacial score (nSPS) is 11.4. The van der Waals surface area contributed by atoms with Crippen LogP contribution in [-0.2, 0) is 14.6 Å². The Bertz CT molecular complexity index is 707. The summed E-state index contributed by atoms with van der Waals surface area (Å²) < 4.78 is 22.0. The molecule has 0 atom stereocenters. The standard InChI is InChI=1S/C14H15NO3S/c1-19(17,18)9-8-14(16)15-13-7-6-11-4-2-3-5-12(11)10-13/h2-7,10H,8-9H2,1H3,(H,15,16). The van der Waals surface area contributed by atoms with Crippen molar-refractivity contribution in [1.82, 2.24) is 0 Å². The van der Waals surface area contributed by atoms with Crippen molar-refractivity contribution in [2.75, 3.05) is 17.3 Å². The Hall–Kier alpha value is -1.88. The van der Waals surface area contributed by atoms with Crippen LogP contribution < -0.4 is 5.32 Å². The first-order valence-corrected chi connectivity index (χ1v) is 7.96. The van der Waals surface area contributed by atoms with Crippen LogP contribution in [0.1, 0.15) is 6.42 Å². The molecule has 2 aromatic rings. The van der Waals surface area contributed by atoms with Crippen LogP contribution in [0.25, 0.3) is 10.8 Å². The van der Waals surface area contributed by atoms with E-state index in [9.17, 15) is 13.2 Å². The fourth-order valence-electron chi connectivity index (χ4n) is 1.77. The summed E-state index contributed by atoms with van der Waals surface area (Å²) in [7, 11) is -3.11. The molecule has 2 aromatic carbocycles. The van der Waals surface area contributed by atoms with Gasteiger partial charge in [0.2, 0.25) is 5.91 Å². The van der Waals surface area contributed by atoms with Crippen molar-refractivity contribution in [3.8, 4) is 0 Å². The van der Waals surface area contributed by atoms with Crippen molar-refractivity contribution in [2.24, 2.45) is 0 Å². The third-order valence-electron chi connectivity index (χ3n) is 2.73. The summed E-state index contributed by atoms with van der Waals surface area (Å²) in [5, 5.41) is 4.83. The number of anilines is 1. The molecule has 2 rings (SSSR count). The molecule has 0 saturated carbocycles. The zero-order chi connectivity index (χ0) is 13.9. The number of carbonyl (C=O) groups is 1. The highest BCUT2D eigenvalue weighted by Crippen LogP contribution is 2.18. The molecule has 0 fully saturated rings.